The molecule has 7 heteroatoms. The number of aromatic carboxylic acids is 1. The third kappa shape index (κ3) is 2.80. The van der Waals surface area contributed by atoms with Crippen LogP contribution in [0, 0.1) is 5.82 Å². The van der Waals surface area contributed by atoms with Gasteiger partial charge in [0.25, 0.3) is 0 Å². The van der Waals surface area contributed by atoms with Crippen LogP contribution in [0.3, 0.4) is 0 Å². The lowest BCUT2D eigenvalue weighted by Crippen LogP contribution is -2.03. The molecule has 18 heavy (non-hydrogen) atoms. The molecule has 1 heterocycles. The smallest absolute Gasteiger partial charge is 0.335 e. The van der Waals surface area contributed by atoms with Gasteiger partial charge in [-0.1, -0.05) is 0 Å². The maximum absolute atomic E-state index is 13.5. The Morgan fingerprint density at radius 2 is 2.28 bits per heavy atom. The predicted molar refractivity (Wildman–Crippen MR) is 65.6 cm³/mol. The summed E-state index contributed by atoms with van der Waals surface area (Å²) in [7, 11) is -1.64. The van der Waals surface area contributed by atoms with Crippen LogP contribution in [0.1, 0.15) is 15.4 Å². The topological polar surface area (TPSA) is 67.3 Å². The van der Waals surface area contributed by atoms with E-state index >= 15 is 0 Å². The summed E-state index contributed by atoms with van der Waals surface area (Å²) in [5, 5.41) is 11.2. The van der Waals surface area contributed by atoms with Gasteiger partial charge in [0.15, 0.2) is 0 Å². The maximum atomic E-state index is 13.5. The normalized spacial score (nSPS) is 12.3. The molecule has 0 radical (unpaired) electrons. The molecule has 1 unspecified atom stereocenters. The molecular weight excluding hydrogens is 277 g/mol. The Labute approximate surface area is 109 Å². The zero-order valence-corrected chi connectivity index (χ0v) is 10.6. The number of benzene rings is 1. The molecule has 0 aliphatic heterocycles. The Morgan fingerprint density at radius 1 is 1.50 bits per heavy atom. The van der Waals surface area contributed by atoms with Crippen LogP contribution in [0.4, 0.5) is 4.39 Å². The van der Waals surface area contributed by atoms with Gasteiger partial charge in [0.2, 0.25) is 0 Å². The number of rotatable bonds is 4. The fourth-order valence-electron chi connectivity index (χ4n) is 1.33. The van der Waals surface area contributed by atoms with Crippen LogP contribution in [0.25, 0.3) is 0 Å². The van der Waals surface area contributed by atoms with Crippen molar-refractivity contribution < 1.29 is 18.5 Å². The molecule has 0 aliphatic carbocycles. The average molecular weight is 285 g/mol. The van der Waals surface area contributed by atoms with Crippen molar-refractivity contribution in [3.8, 4) is 0 Å². The van der Waals surface area contributed by atoms with E-state index in [9.17, 15) is 13.4 Å². The van der Waals surface area contributed by atoms with Crippen LogP contribution in [0.5, 0.6) is 0 Å². The summed E-state index contributed by atoms with van der Waals surface area (Å²) in [6, 6.07) is 3.25. The second-order valence-corrected chi connectivity index (χ2v) is 5.76. The van der Waals surface area contributed by atoms with Crippen LogP contribution in [0.2, 0.25) is 0 Å². The highest BCUT2D eigenvalue weighted by molar-refractivity contribution is 7.84. The van der Waals surface area contributed by atoms with E-state index < -0.39 is 22.6 Å². The number of halogens is 1. The van der Waals surface area contributed by atoms with Gasteiger partial charge in [-0.3, -0.25) is 4.21 Å². The van der Waals surface area contributed by atoms with Gasteiger partial charge in [0.1, 0.15) is 10.8 Å². The van der Waals surface area contributed by atoms with Crippen LogP contribution in [-0.4, -0.2) is 20.3 Å². The van der Waals surface area contributed by atoms with Gasteiger partial charge in [-0.25, -0.2) is 14.2 Å². The molecule has 0 saturated carbocycles. The molecule has 2 aromatic rings. The Hall–Kier alpha value is -1.60. The standard InChI is InChI=1S/C11H8FNO3S2/c12-8-2-1-7(11(14)15)5-9(8)18(16)6-10-13-3-4-17-10/h1-5H,6H2,(H,14,15). The molecule has 0 bridgehead atoms. The molecule has 0 fully saturated rings. The van der Waals surface area contributed by atoms with Gasteiger partial charge >= 0.3 is 5.97 Å². The van der Waals surface area contributed by atoms with Crippen molar-refractivity contribution in [2.24, 2.45) is 0 Å². The fourth-order valence-corrected chi connectivity index (χ4v) is 3.32. The van der Waals surface area contributed by atoms with Gasteiger partial charge in [0.05, 0.1) is 27.0 Å². The van der Waals surface area contributed by atoms with E-state index in [0.717, 1.165) is 18.2 Å². The highest BCUT2D eigenvalue weighted by Gasteiger charge is 2.15. The fraction of sp³-hybridized carbons (Fsp3) is 0.0909. The number of carboxylic acid groups (broad SMARTS) is 1. The molecule has 1 aromatic heterocycles. The van der Waals surface area contributed by atoms with Crippen molar-refractivity contribution in [1.82, 2.24) is 4.98 Å². The predicted octanol–water partition coefficient (Wildman–Crippen LogP) is 2.29. The molecule has 0 amide bonds. The average Bonchev–Trinajstić information content (AvgIpc) is 2.81. The summed E-state index contributed by atoms with van der Waals surface area (Å²) >= 11 is 1.32. The van der Waals surface area contributed by atoms with Crippen molar-refractivity contribution in [2.75, 3.05) is 0 Å². The van der Waals surface area contributed by atoms with Crippen molar-refractivity contribution >= 4 is 28.1 Å². The van der Waals surface area contributed by atoms with Gasteiger partial charge in [0, 0.05) is 11.6 Å². The van der Waals surface area contributed by atoms with Crippen molar-refractivity contribution in [2.45, 2.75) is 10.6 Å². The number of hydrogen-bond acceptors (Lipinski definition) is 4. The van der Waals surface area contributed by atoms with Crippen LogP contribution in [-0.2, 0) is 16.6 Å². The summed E-state index contributed by atoms with van der Waals surface area (Å²) < 4.78 is 25.5. The number of nitrogens with zero attached hydrogens (tertiary/aromatic N) is 1. The Bertz CT molecular complexity index is 598. The van der Waals surface area contributed by atoms with E-state index in [1.165, 1.54) is 11.3 Å². The maximum Gasteiger partial charge on any atom is 0.335 e. The third-order valence-corrected chi connectivity index (χ3v) is 4.46. The molecule has 1 N–H and O–H groups in total. The van der Waals surface area contributed by atoms with Crippen LogP contribution < -0.4 is 0 Å². The zero-order valence-electron chi connectivity index (χ0n) is 9.00. The monoisotopic (exact) mass is 285 g/mol. The van der Waals surface area contributed by atoms with Gasteiger partial charge in [-0.15, -0.1) is 11.3 Å². The first-order chi connectivity index (χ1) is 8.58. The van der Waals surface area contributed by atoms with E-state index in [1.807, 2.05) is 0 Å². The van der Waals surface area contributed by atoms with Gasteiger partial charge < -0.3 is 5.11 Å². The zero-order chi connectivity index (χ0) is 13.1. The van der Waals surface area contributed by atoms with E-state index in [-0.39, 0.29) is 16.2 Å². The summed E-state index contributed by atoms with van der Waals surface area (Å²) in [4.78, 5) is 14.6. The molecule has 0 spiro atoms. The highest BCUT2D eigenvalue weighted by atomic mass is 32.2. The second-order valence-electron chi connectivity index (χ2n) is 3.37. The highest BCUT2D eigenvalue weighted by Crippen LogP contribution is 2.19. The summed E-state index contributed by atoms with van der Waals surface area (Å²) in [6.45, 7) is 0. The Balaban J connectivity index is 2.29. The molecule has 4 nitrogen and oxygen atoms in total. The number of hydrogen-bond donors (Lipinski definition) is 1. The summed E-state index contributed by atoms with van der Waals surface area (Å²) in [5.74, 6) is -1.77. The summed E-state index contributed by atoms with van der Waals surface area (Å²) in [5.41, 5.74) is -0.0844. The van der Waals surface area contributed by atoms with Crippen LogP contribution >= 0.6 is 11.3 Å². The third-order valence-electron chi connectivity index (χ3n) is 2.16. The second kappa shape index (κ2) is 5.36. The van der Waals surface area contributed by atoms with Gasteiger partial charge in [-0.2, -0.15) is 0 Å². The number of carboxylic acids is 1. The first kappa shape index (κ1) is 12.8. The first-order valence-electron chi connectivity index (χ1n) is 4.87. The van der Waals surface area contributed by atoms with E-state index in [4.69, 9.17) is 5.11 Å². The SMILES string of the molecule is O=C(O)c1ccc(F)c(S(=O)Cc2nccs2)c1. The number of thiazole rings is 1. The molecule has 0 aliphatic rings. The first-order valence-corrected chi connectivity index (χ1v) is 7.07. The molecule has 1 atom stereocenters. The summed E-state index contributed by atoms with van der Waals surface area (Å²) in [6.07, 6.45) is 1.57. The number of aromatic nitrogens is 1. The lowest BCUT2D eigenvalue weighted by Gasteiger charge is -2.03. The molecule has 0 saturated heterocycles. The van der Waals surface area contributed by atoms with Crippen LogP contribution in [0.15, 0.2) is 34.7 Å². The molecule has 94 valence electrons. The van der Waals surface area contributed by atoms with Crippen molar-refractivity contribution in [1.29, 1.82) is 0 Å². The van der Waals surface area contributed by atoms with E-state index in [0.29, 0.717) is 5.01 Å². The van der Waals surface area contributed by atoms with Crippen molar-refractivity contribution in [3.05, 3.63) is 46.2 Å². The van der Waals surface area contributed by atoms with Gasteiger partial charge in [-0.05, 0) is 18.2 Å². The Kier molecular flexibility index (Phi) is 3.83. The molecular formula is C11H8FNO3S2. The Morgan fingerprint density at radius 3 is 2.89 bits per heavy atom. The quantitative estimate of drug-likeness (QED) is 0.936. The van der Waals surface area contributed by atoms with E-state index in [1.54, 1.807) is 11.6 Å². The minimum Gasteiger partial charge on any atom is -0.478 e. The molecule has 1 aromatic carbocycles. The minimum atomic E-state index is -1.64. The lowest BCUT2D eigenvalue weighted by molar-refractivity contribution is 0.0696. The lowest BCUT2D eigenvalue weighted by atomic mass is 10.2. The van der Waals surface area contributed by atoms with Crippen molar-refractivity contribution in [3.63, 3.8) is 0 Å². The number of carbonyl (C=O) groups is 1. The minimum absolute atomic E-state index is 0.0810. The molecule has 2 rings (SSSR count). The van der Waals surface area contributed by atoms with E-state index in [2.05, 4.69) is 4.98 Å². The largest absolute Gasteiger partial charge is 0.478 e.